The largest absolute Gasteiger partial charge is 0.467 e. The van der Waals surface area contributed by atoms with Gasteiger partial charge in [-0.25, -0.2) is 9.78 Å². The highest BCUT2D eigenvalue weighted by atomic mass is 32.1. The van der Waals surface area contributed by atoms with E-state index in [1.54, 1.807) is 5.38 Å². The summed E-state index contributed by atoms with van der Waals surface area (Å²) < 4.78 is 4.44. The van der Waals surface area contributed by atoms with Crippen molar-refractivity contribution in [3.63, 3.8) is 0 Å². The van der Waals surface area contributed by atoms with E-state index < -0.39 is 12.1 Å². The lowest BCUT2D eigenvalue weighted by atomic mass is 9.98. The molecule has 0 aliphatic heterocycles. The fourth-order valence-corrected chi connectivity index (χ4v) is 1.91. The number of hydrogen-bond donors (Lipinski definition) is 1. The van der Waals surface area contributed by atoms with Gasteiger partial charge in [-0.1, -0.05) is 20.8 Å². The van der Waals surface area contributed by atoms with Gasteiger partial charge in [0.15, 0.2) is 6.10 Å². The van der Waals surface area contributed by atoms with Crippen LogP contribution < -0.4 is 0 Å². The molecule has 0 saturated carbocycles. The molecular formula is C10H15NO3S. The second-order valence-electron chi connectivity index (χ2n) is 4.25. The van der Waals surface area contributed by atoms with E-state index in [0.717, 1.165) is 5.01 Å². The average Bonchev–Trinajstić information content (AvgIpc) is 2.63. The van der Waals surface area contributed by atoms with Crippen molar-refractivity contribution >= 4 is 17.3 Å². The number of aliphatic hydroxyl groups excluding tert-OH is 1. The summed E-state index contributed by atoms with van der Waals surface area (Å²) in [6, 6.07) is 0. The SMILES string of the molecule is COC(=O)C(O)c1csc(C(C)(C)C)n1. The average molecular weight is 229 g/mol. The first-order valence-electron chi connectivity index (χ1n) is 4.58. The summed E-state index contributed by atoms with van der Waals surface area (Å²) in [5.74, 6) is -0.680. The fourth-order valence-electron chi connectivity index (χ4n) is 0.989. The van der Waals surface area contributed by atoms with E-state index in [1.165, 1.54) is 18.4 Å². The van der Waals surface area contributed by atoms with Gasteiger partial charge in [-0.15, -0.1) is 11.3 Å². The van der Waals surface area contributed by atoms with E-state index in [1.807, 2.05) is 20.8 Å². The van der Waals surface area contributed by atoms with Gasteiger partial charge in [0.1, 0.15) is 0 Å². The van der Waals surface area contributed by atoms with Gasteiger partial charge in [0.2, 0.25) is 0 Å². The molecule has 1 aromatic heterocycles. The molecule has 0 amide bonds. The van der Waals surface area contributed by atoms with Crippen LogP contribution in [-0.4, -0.2) is 23.2 Å². The lowest BCUT2D eigenvalue weighted by molar-refractivity contribution is -0.150. The molecule has 1 aromatic rings. The fraction of sp³-hybridized carbons (Fsp3) is 0.600. The molecule has 0 aromatic carbocycles. The maximum Gasteiger partial charge on any atom is 0.341 e. The molecule has 0 radical (unpaired) electrons. The Balaban J connectivity index is 2.89. The maximum atomic E-state index is 11.1. The van der Waals surface area contributed by atoms with E-state index in [9.17, 15) is 9.90 Å². The number of nitrogens with zero attached hydrogens (tertiary/aromatic N) is 1. The Morgan fingerprint density at radius 3 is 2.60 bits per heavy atom. The molecule has 5 heteroatoms. The number of methoxy groups -OCH3 is 1. The molecule has 0 saturated heterocycles. The molecule has 15 heavy (non-hydrogen) atoms. The third-order valence-electron chi connectivity index (χ3n) is 1.87. The molecule has 0 bridgehead atoms. The summed E-state index contributed by atoms with van der Waals surface area (Å²) in [5, 5.41) is 12.1. The molecule has 1 unspecified atom stereocenters. The van der Waals surface area contributed by atoms with E-state index in [-0.39, 0.29) is 5.41 Å². The molecule has 1 atom stereocenters. The Labute approximate surface area is 92.9 Å². The summed E-state index contributed by atoms with van der Waals surface area (Å²) in [5.41, 5.74) is 0.287. The van der Waals surface area contributed by atoms with Gasteiger partial charge in [0.05, 0.1) is 17.8 Å². The smallest absolute Gasteiger partial charge is 0.341 e. The standard InChI is InChI=1S/C10H15NO3S/c1-10(2,3)9-11-6(5-15-9)7(12)8(13)14-4/h5,7,12H,1-4H3. The van der Waals surface area contributed by atoms with Crippen LogP contribution in [0.4, 0.5) is 0 Å². The van der Waals surface area contributed by atoms with Crippen LogP contribution in [-0.2, 0) is 14.9 Å². The predicted molar refractivity (Wildman–Crippen MR) is 57.8 cm³/mol. The van der Waals surface area contributed by atoms with Crippen LogP contribution in [0.5, 0.6) is 0 Å². The normalized spacial score (nSPS) is 13.7. The van der Waals surface area contributed by atoms with Crippen LogP contribution >= 0.6 is 11.3 Å². The van der Waals surface area contributed by atoms with Gasteiger partial charge < -0.3 is 9.84 Å². The zero-order chi connectivity index (χ0) is 11.6. The van der Waals surface area contributed by atoms with Crippen LogP contribution in [0.2, 0.25) is 0 Å². The van der Waals surface area contributed by atoms with Gasteiger partial charge in [0.25, 0.3) is 0 Å². The first-order chi connectivity index (χ1) is 6.86. The molecular weight excluding hydrogens is 214 g/mol. The zero-order valence-electron chi connectivity index (χ0n) is 9.27. The van der Waals surface area contributed by atoms with Crippen LogP contribution in [0.1, 0.15) is 37.6 Å². The van der Waals surface area contributed by atoms with Crippen molar-refractivity contribution < 1.29 is 14.6 Å². The highest BCUT2D eigenvalue weighted by molar-refractivity contribution is 7.09. The number of thiazole rings is 1. The van der Waals surface area contributed by atoms with Crippen molar-refractivity contribution in [2.24, 2.45) is 0 Å². The highest BCUT2D eigenvalue weighted by Gasteiger charge is 2.24. The minimum Gasteiger partial charge on any atom is -0.467 e. The number of ether oxygens (including phenoxy) is 1. The van der Waals surface area contributed by atoms with Crippen molar-refractivity contribution in [1.29, 1.82) is 0 Å². The number of carbonyl (C=O) groups excluding carboxylic acids is 1. The van der Waals surface area contributed by atoms with Crippen LogP contribution in [0.15, 0.2) is 5.38 Å². The van der Waals surface area contributed by atoms with Gasteiger partial charge in [0, 0.05) is 10.8 Å². The van der Waals surface area contributed by atoms with Crippen molar-refractivity contribution in [2.75, 3.05) is 7.11 Å². The topological polar surface area (TPSA) is 59.4 Å². The number of hydrogen-bond acceptors (Lipinski definition) is 5. The third-order valence-corrected chi connectivity index (χ3v) is 3.15. The van der Waals surface area contributed by atoms with Crippen molar-refractivity contribution in [1.82, 2.24) is 4.98 Å². The Morgan fingerprint density at radius 1 is 1.60 bits per heavy atom. The molecule has 0 fully saturated rings. The van der Waals surface area contributed by atoms with Gasteiger partial charge in [-0.3, -0.25) is 0 Å². The van der Waals surface area contributed by atoms with Crippen LogP contribution in [0, 0.1) is 0 Å². The molecule has 1 heterocycles. The summed E-state index contributed by atoms with van der Waals surface area (Å²) >= 11 is 1.43. The minimum atomic E-state index is -1.28. The first kappa shape index (κ1) is 12.1. The summed E-state index contributed by atoms with van der Waals surface area (Å²) in [6.45, 7) is 6.08. The molecule has 4 nitrogen and oxygen atoms in total. The number of carbonyl (C=O) groups is 1. The van der Waals surface area contributed by atoms with E-state index in [0.29, 0.717) is 5.69 Å². The molecule has 1 N–H and O–H groups in total. The van der Waals surface area contributed by atoms with Crippen molar-refractivity contribution in [3.8, 4) is 0 Å². The first-order valence-corrected chi connectivity index (χ1v) is 5.46. The van der Waals surface area contributed by atoms with E-state index in [4.69, 9.17) is 0 Å². The molecule has 1 rings (SSSR count). The quantitative estimate of drug-likeness (QED) is 0.783. The Bertz CT molecular complexity index is 354. The summed E-state index contributed by atoms with van der Waals surface area (Å²) in [4.78, 5) is 15.3. The number of aliphatic hydroxyl groups is 1. The Hall–Kier alpha value is -0.940. The van der Waals surface area contributed by atoms with E-state index >= 15 is 0 Å². The molecule has 0 aliphatic rings. The molecule has 0 spiro atoms. The lowest BCUT2D eigenvalue weighted by Gasteiger charge is -2.13. The van der Waals surface area contributed by atoms with E-state index in [2.05, 4.69) is 9.72 Å². The number of aromatic nitrogens is 1. The van der Waals surface area contributed by atoms with Gasteiger partial charge in [-0.05, 0) is 0 Å². The minimum absolute atomic E-state index is 0.0707. The van der Waals surface area contributed by atoms with Gasteiger partial charge in [-0.2, -0.15) is 0 Å². The second-order valence-corrected chi connectivity index (χ2v) is 5.11. The molecule has 84 valence electrons. The van der Waals surface area contributed by atoms with Crippen LogP contribution in [0.25, 0.3) is 0 Å². The summed E-state index contributed by atoms with van der Waals surface area (Å²) in [6.07, 6.45) is -1.28. The number of esters is 1. The van der Waals surface area contributed by atoms with Gasteiger partial charge >= 0.3 is 5.97 Å². The Kier molecular flexibility index (Phi) is 3.46. The second kappa shape index (κ2) is 4.28. The number of rotatable bonds is 2. The third kappa shape index (κ3) is 2.76. The highest BCUT2D eigenvalue weighted by Crippen LogP contribution is 2.27. The monoisotopic (exact) mass is 229 g/mol. The Morgan fingerprint density at radius 2 is 2.20 bits per heavy atom. The van der Waals surface area contributed by atoms with Crippen molar-refractivity contribution in [2.45, 2.75) is 32.3 Å². The maximum absolute atomic E-state index is 11.1. The van der Waals surface area contributed by atoms with Crippen LogP contribution in [0.3, 0.4) is 0 Å². The molecule has 0 aliphatic carbocycles. The van der Waals surface area contributed by atoms with Crippen molar-refractivity contribution in [3.05, 3.63) is 16.1 Å². The summed E-state index contributed by atoms with van der Waals surface area (Å²) in [7, 11) is 1.24. The zero-order valence-corrected chi connectivity index (χ0v) is 10.1. The lowest BCUT2D eigenvalue weighted by Crippen LogP contribution is -2.15. The predicted octanol–water partition coefficient (Wildman–Crippen LogP) is 1.65.